The molecule has 0 spiro atoms. The zero-order chi connectivity index (χ0) is 11.9. The molecule has 1 fully saturated rings. The molecule has 1 aromatic rings. The molecule has 0 heterocycles. The normalized spacial score (nSPS) is 17.3. The van der Waals surface area contributed by atoms with Crippen LogP contribution in [0, 0.1) is 13.8 Å². The maximum Gasteiger partial charge on any atom is 0.127 e. The van der Waals surface area contributed by atoms with Crippen molar-refractivity contribution in [2.45, 2.75) is 32.1 Å². The van der Waals surface area contributed by atoms with Crippen molar-refractivity contribution >= 4 is 11.6 Å². The summed E-state index contributed by atoms with van der Waals surface area (Å²) in [6.45, 7) is 4.73. The molecule has 0 aromatic heterocycles. The minimum absolute atomic E-state index is 0.0687. The van der Waals surface area contributed by atoms with E-state index in [0.29, 0.717) is 6.54 Å². The Balaban J connectivity index is 2.66. The zero-order valence-electron chi connectivity index (χ0n) is 10.1. The van der Waals surface area contributed by atoms with E-state index < -0.39 is 0 Å². The van der Waals surface area contributed by atoms with Crippen LogP contribution in [-0.2, 0) is 5.41 Å². The van der Waals surface area contributed by atoms with E-state index in [1.807, 2.05) is 6.92 Å². The average molecular weight is 240 g/mol. The lowest BCUT2D eigenvalue weighted by Crippen LogP contribution is -2.21. The molecule has 1 aliphatic rings. The Morgan fingerprint density at radius 2 is 2.00 bits per heavy atom. The van der Waals surface area contributed by atoms with Crippen LogP contribution in [0.15, 0.2) is 6.07 Å². The first-order valence-corrected chi connectivity index (χ1v) is 5.98. The summed E-state index contributed by atoms with van der Waals surface area (Å²) < 4.78 is 5.50. The first kappa shape index (κ1) is 11.7. The summed E-state index contributed by atoms with van der Waals surface area (Å²) in [7, 11) is 1.70. The molecular formula is C13H18ClNO. The predicted octanol–water partition coefficient (Wildman–Crippen LogP) is 2.96. The van der Waals surface area contributed by atoms with E-state index in [1.165, 1.54) is 0 Å². The quantitative estimate of drug-likeness (QED) is 0.880. The maximum absolute atomic E-state index is 6.42. The predicted molar refractivity (Wildman–Crippen MR) is 67.4 cm³/mol. The molecule has 2 N–H and O–H groups in total. The molecule has 0 radical (unpaired) electrons. The number of halogens is 1. The van der Waals surface area contributed by atoms with Crippen molar-refractivity contribution in [1.82, 2.24) is 0 Å². The van der Waals surface area contributed by atoms with E-state index in [9.17, 15) is 0 Å². The number of methoxy groups -OCH3 is 1. The highest BCUT2D eigenvalue weighted by Gasteiger charge is 2.46. The van der Waals surface area contributed by atoms with E-state index in [0.717, 1.165) is 40.3 Å². The van der Waals surface area contributed by atoms with Gasteiger partial charge in [0.25, 0.3) is 0 Å². The van der Waals surface area contributed by atoms with E-state index >= 15 is 0 Å². The zero-order valence-corrected chi connectivity index (χ0v) is 10.8. The molecule has 3 heteroatoms. The van der Waals surface area contributed by atoms with Crippen molar-refractivity contribution in [2.75, 3.05) is 13.7 Å². The number of rotatable bonds is 3. The first-order valence-electron chi connectivity index (χ1n) is 5.60. The molecule has 0 amide bonds. The van der Waals surface area contributed by atoms with Crippen molar-refractivity contribution in [3.63, 3.8) is 0 Å². The lowest BCUT2D eigenvalue weighted by Gasteiger charge is -2.21. The minimum Gasteiger partial charge on any atom is -0.496 e. The smallest absolute Gasteiger partial charge is 0.127 e. The van der Waals surface area contributed by atoms with Crippen LogP contribution in [0.4, 0.5) is 0 Å². The van der Waals surface area contributed by atoms with Crippen molar-refractivity contribution in [2.24, 2.45) is 5.73 Å². The van der Waals surface area contributed by atoms with Gasteiger partial charge in [0, 0.05) is 17.5 Å². The summed E-state index contributed by atoms with van der Waals surface area (Å²) in [5.41, 5.74) is 9.31. The molecule has 16 heavy (non-hydrogen) atoms. The molecule has 2 nitrogen and oxygen atoms in total. The average Bonchev–Trinajstić information content (AvgIpc) is 3.03. The van der Waals surface area contributed by atoms with Crippen LogP contribution in [0.5, 0.6) is 5.75 Å². The summed E-state index contributed by atoms with van der Waals surface area (Å²) in [6, 6.07) is 2.07. The highest BCUT2D eigenvalue weighted by Crippen LogP contribution is 2.54. The molecule has 2 rings (SSSR count). The second kappa shape index (κ2) is 3.94. The maximum atomic E-state index is 6.42. The van der Waals surface area contributed by atoms with E-state index in [1.54, 1.807) is 7.11 Å². The van der Waals surface area contributed by atoms with Gasteiger partial charge in [-0.05, 0) is 37.8 Å². The Morgan fingerprint density at radius 3 is 2.44 bits per heavy atom. The Bertz CT molecular complexity index is 424. The molecule has 0 bridgehead atoms. The third-order valence-electron chi connectivity index (χ3n) is 3.56. The molecule has 1 saturated carbocycles. The summed E-state index contributed by atoms with van der Waals surface area (Å²) in [4.78, 5) is 0. The highest BCUT2D eigenvalue weighted by atomic mass is 35.5. The summed E-state index contributed by atoms with van der Waals surface area (Å²) in [5.74, 6) is 0.915. The second-order valence-electron chi connectivity index (χ2n) is 4.72. The molecule has 88 valence electrons. The van der Waals surface area contributed by atoms with Gasteiger partial charge in [-0.25, -0.2) is 0 Å². The van der Waals surface area contributed by atoms with Crippen molar-refractivity contribution in [3.05, 3.63) is 27.8 Å². The van der Waals surface area contributed by atoms with Crippen molar-refractivity contribution in [1.29, 1.82) is 0 Å². The lowest BCUT2D eigenvalue weighted by atomic mass is 9.91. The van der Waals surface area contributed by atoms with Gasteiger partial charge in [-0.3, -0.25) is 0 Å². The van der Waals surface area contributed by atoms with Crippen molar-refractivity contribution in [3.8, 4) is 5.75 Å². The number of nitrogens with two attached hydrogens (primary N) is 1. The molecule has 0 saturated heterocycles. The Hall–Kier alpha value is -0.730. The SMILES string of the molecule is COc1c(C)cc(C)c(Cl)c1C1(CN)CC1. The van der Waals surface area contributed by atoms with E-state index in [2.05, 4.69) is 13.0 Å². The van der Waals surface area contributed by atoms with Gasteiger partial charge in [-0.1, -0.05) is 17.7 Å². The number of ether oxygens (including phenoxy) is 1. The molecule has 0 aliphatic heterocycles. The minimum atomic E-state index is 0.0687. The number of aryl methyl sites for hydroxylation is 2. The fraction of sp³-hybridized carbons (Fsp3) is 0.538. The third-order valence-corrected chi connectivity index (χ3v) is 4.05. The van der Waals surface area contributed by atoms with Crippen LogP contribution in [0.3, 0.4) is 0 Å². The van der Waals surface area contributed by atoms with E-state index in [4.69, 9.17) is 22.1 Å². The topological polar surface area (TPSA) is 35.2 Å². The van der Waals surface area contributed by atoms with Crippen molar-refractivity contribution < 1.29 is 4.74 Å². The van der Waals surface area contributed by atoms with Gasteiger partial charge in [0.1, 0.15) is 5.75 Å². The Kier molecular flexibility index (Phi) is 2.89. The van der Waals surface area contributed by atoms with Gasteiger partial charge in [0.2, 0.25) is 0 Å². The van der Waals surface area contributed by atoms with Crippen LogP contribution in [0.25, 0.3) is 0 Å². The molecule has 1 aliphatic carbocycles. The van der Waals surface area contributed by atoms with Gasteiger partial charge in [0.05, 0.1) is 12.1 Å². The Morgan fingerprint density at radius 1 is 1.38 bits per heavy atom. The Labute approximate surface area is 102 Å². The first-order chi connectivity index (χ1) is 7.55. The fourth-order valence-corrected chi connectivity index (χ4v) is 2.73. The van der Waals surface area contributed by atoms with Gasteiger partial charge >= 0.3 is 0 Å². The number of hydrogen-bond acceptors (Lipinski definition) is 2. The van der Waals surface area contributed by atoms with Gasteiger partial charge in [-0.15, -0.1) is 0 Å². The molecule has 0 unspecified atom stereocenters. The second-order valence-corrected chi connectivity index (χ2v) is 5.10. The standard InChI is InChI=1S/C13H18ClNO/c1-8-6-9(2)12(16-3)10(11(8)14)13(7-15)4-5-13/h6H,4-5,7,15H2,1-3H3. The monoisotopic (exact) mass is 239 g/mol. The largest absolute Gasteiger partial charge is 0.496 e. The number of hydrogen-bond donors (Lipinski definition) is 1. The summed E-state index contributed by atoms with van der Waals surface area (Å²) >= 11 is 6.42. The lowest BCUT2D eigenvalue weighted by molar-refractivity contribution is 0.401. The van der Waals surface area contributed by atoms with Gasteiger partial charge in [0.15, 0.2) is 0 Å². The summed E-state index contributed by atoms with van der Waals surface area (Å²) in [6.07, 6.45) is 2.23. The number of benzene rings is 1. The molecule has 1 aromatic carbocycles. The third kappa shape index (κ3) is 1.61. The van der Waals surface area contributed by atoms with Gasteiger partial charge in [-0.2, -0.15) is 0 Å². The summed E-state index contributed by atoms with van der Waals surface area (Å²) in [5, 5.41) is 0.824. The fourth-order valence-electron chi connectivity index (χ4n) is 2.39. The van der Waals surface area contributed by atoms with Crippen LogP contribution in [0.1, 0.15) is 29.5 Å². The van der Waals surface area contributed by atoms with E-state index in [-0.39, 0.29) is 5.41 Å². The van der Waals surface area contributed by atoms with Gasteiger partial charge < -0.3 is 10.5 Å². The van der Waals surface area contributed by atoms with Crippen LogP contribution in [0.2, 0.25) is 5.02 Å². The molecular weight excluding hydrogens is 222 g/mol. The highest BCUT2D eigenvalue weighted by molar-refractivity contribution is 6.32. The molecule has 0 atom stereocenters. The van der Waals surface area contributed by atoms with Crippen LogP contribution >= 0.6 is 11.6 Å². The van der Waals surface area contributed by atoms with Crippen LogP contribution < -0.4 is 10.5 Å². The van der Waals surface area contributed by atoms with Crippen LogP contribution in [-0.4, -0.2) is 13.7 Å².